The Bertz CT molecular complexity index is 719. The van der Waals surface area contributed by atoms with E-state index in [1.807, 2.05) is 36.4 Å². The Labute approximate surface area is 111 Å². The third kappa shape index (κ3) is 2.16. The van der Waals surface area contributed by atoms with E-state index in [9.17, 15) is 5.11 Å². The number of hydrogen-bond acceptors (Lipinski definition) is 3. The van der Waals surface area contributed by atoms with Crippen molar-refractivity contribution < 1.29 is 5.11 Å². The van der Waals surface area contributed by atoms with Gasteiger partial charge in [0.2, 0.25) is 0 Å². The van der Waals surface area contributed by atoms with E-state index in [0.717, 1.165) is 21.9 Å². The molecule has 0 amide bonds. The van der Waals surface area contributed by atoms with Gasteiger partial charge in [0.25, 0.3) is 0 Å². The van der Waals surface area contributed by atoms with Crippen molar-refractivity contribution in [3.8, 4) is 0 Å². The summed E-state index contributed by atoms with van der Waals surface area (Å²) in [7, 11) is 0. The lowest BCUT2D eigenvalue weighted by molar-refractivity contribution is 0.222. The van der Waals surface area contributed by atoms with Crippen LogP contribution in [0.15, 0.2) is 60.9 Å². The Balaban J connectivity index is 2.14. The van der Waals surface area contributed by atoms with Crippen molar-refractivity contribution in [2.45, 2.75) is 6.10 Å². The molecule has 0 saturated carbocycles. The highest BCUT2D eigenvalue weighted by molar-refractivity contribution is 5.85. The summed E-state index contributed by atoms with van der Waals surface area (Å²) in [5, 5.41) is 12.6. The second-order valence-corrected chi connectivity index (χ2v) is 4.52. The van der Waals surface area contributed by atoms with Crippen molar-refractivity contribution in [1.29, 1.82) is 0 Å². The molecule has 0 radical (unpaired) electrons. The Morgan fingerprint density at radius 2 is 1.89 bits per heavy atom. The minimum atomic E-state index is -0.698. The summed E-state index contributed by atoms with van der Waals surface area (Å²) in [5.41, 5.74) is 8.04. The summed E-state index contributed by atoms with van der Waals surface area (Å²) >= 11 is 0. The smallest absolute Gasteiger partial charge is 0.105 e. The first-order valence-electron chi connectivity index (χ1n) is 6.12. The molecule has 3 rings (SSSR count). The Hall–Kier alpha value is -2.39. The molecule has 0 spiro atoms. The lowest BCUT2D eigenvalue weighted by Crippen LogP contribution is -2.01. The highest BCUT2D eigenvalue weighted by Gasteiger charge is 2.13. The Morgan fingerprint density at radius 3 is 2.74 bits per heavy atom. The normalized spacial score (nSPS) is 12.5. The predicted octanol–water partition coefficient (Wildman–Crippen LogP) is 2.90. The van der Waals surface area contributed by atoms with Crippen LogP contribution in [0.4, 0.5) is 5.69 Å². The molecule has 19 heavy (non-hydrogen) atoms. The van der Waals surface area contributed by atoms with Gasteiger partial charge in [-0.3, -0.25) is 4.98 Å². The molecule has 0 saturated heterocycles. The minimum Gasteiger partial charge on any atom is -0.399 e. The van der Waals surface area contributed by atoms with Gasteiger partial charge < -0.3 is 10.8 Å². The van der Waals surface area contributed by atoms with E-state index < -0.39 is 6.10 Å². The zero-order chi connectivity index (χ0) is 13.2. The van der Waals surface area contributed by atoms with Crippen molar-refractivity contribution in [3.05, 3.63) is 72.1 Å². The second kappa shape index (κ2) is 4.71. The summed E-state index contributed by atoms with van der Waals surface area (Å²) < 4.78 is 0. The Kier molecular flexibility index (Phi) is 2.89. The molecule has 0 bridgehead atoms. The maximum atomic E-state index is 10.5. The number of rotatable bonds is 2. The predicted molar refractivity (Wildman–Crippen MR) is 76.7 cm³/mol. The number of fused-ring (bicyclic) bond motifs is 1. The molecule has 1 heterocycles. The number of hydrogen-bond donors (Lipinski definition) is 2. The molecule has 3 N–H and O–H groups in total. The lowest BCUT2D eigenvalue weighted by atomic mass is 9.97. The number of nitrogens with zero attached hydrogens (tertiary/aromatic N) is 1. The van der Waals surface area contributed by atoms with Crippen LogP contribution in [0, 0.1) is 0 Å². The van der Waals surface area contributed by atoms with Crippen molar-refractivity contribution in [2.75, 3.05) is 5.73 Å². The number of pyridine rings is 1. The average molecular weight is 250 g/mol. The molecule has 1 unspecified atom stereocenters. The van der Waals surface area contributed by atoms with Gasteiger partial charge in [-0.25, -0.2) is 0 Å². The molecule has 1 atom stereocenters. The van der Waals surface area contributed by atoms with Crippen molar-refractivity contribution in [3.63, 3.8) is 0 Å². The highest BCUT2D eigenvalue weighted by Crippen LogP contribution is 2.28. The zero-order valence-electron chi connectivity index (χ0n) is 10.3. The van der Waals surface area contributed by atoms with Crippen LogP contribution < -0.4 is 5.73 Å². The standard InChI is InChI=1S/C16H14N2O/c17-13-5-1-4-12(9-13)16(19)14-6-2-3-11-7-8-18-10-15(11)14/h1-10,16,19H,17H2. The first-order valence-corrected chi connectivity index (χ1v) is 6.12. The van der Waals surface area contributed by atoms with Crippen LogP contribution in [0.25, 0.3) is 10.8 Å². The van der Waals surface area contributed by atoms with E-state index >= 15 is 0 Å². The van der Waals surface area contributed by atoms with E-state index in [1.165, 1.54) is 0 Å². The zero-order valence-corrected chi connectivity index (χ0v) is 10.3. The van der Waals surface area contributed by atoms with Gasteiger partial charge in [-0.1, -0.05) is 30.3 Å². The van der Waals surface area contributed by atoms with Crippen LogP contribution in [-0.4, -0.2) is 10.1 Å². The topological polar surface area (TPSA) is 59.1 Å². The maximum Gasteiger partial charge on any atom is 0.105 e. The van der Waals surface area contributed by atoms with Gasteiger partial charge in [-0.05, 0) is 34.7 Å². The first kappa shape index (κ1) is 11.7. The molecular formula is C16H14N2O. The van der Waals surface area contributed by atoms with Crippen molar-refractivity contribution in [1.82, 2.24) is 4.98 Å². The quantitative estimate of drug-likeness (QED) is 0.687. The van der Waals surface area contributed by atoms with Crippen LogP contribution in [-0.2, 0) is 0 Å². The van der Waals surface area contributed by atoms with E-state index in [-0.39, 0.29) is 0 Å². The molecule has 1 aromatic heterocycles. The SMILES string of the molecule is Nc1cccc(C(O)c2cccc3ccncc23)c1. The van der Waals surface area contributed by atoms with Crippen LogP contribution in [0.3, 0.4) is 0 Å². The molecule has 3 aromatic rings. The number of aromatic nitrogens is 1. The first-order chi connectivity index (χ1) is 9.25. The van der Waals surface area contributed by atoms with Crippen LogP contribution in [0.5, 0.6) is 0 Å². The van der Waals surface area contributed by atoms with E-state index in [2.05, 4.69) is 4.98 Å². The fraction of sp³-hybridized carbons (Fsp3) is 0.0625. The molecule has 2 aromatic carbocycles. The third-order valence-electron chi connectivity index (χ3n) is 3.24. The molecular weight excluding hydrogens is 236 g/mol. The molecule has 94 valence electrons. The second-order valence-electron chi connectivity index (χ2n) is 4.52. The van der Waals surface area contributed by atoms with Gasteiger partial charge in [-0.2, -0.15) is 0 Å². The largest absolute Gasteiger partial charge is 0.399 e. The summed E-state index contributed by atoms with van der Waals surface area (Å²) in [6.07, 6.45) is 2.83. The van der Waals surface area contributed by atoms with E-state index in [1.54, 1.807) is 24.5 Å². The van der Waals surface area contributed by atoms with Gasteiger partial charge in [0.1, 0.15) is 6.10 Å². The Morgan fingerprint density at radius 1 is 1.05 bits per heavy atom. The van der Waals surface area contributed by atoms with Gasteiger partial charge in [-0.15, -0.1) is 0 Å². The van der Waals surface area contributed by atoms with Gasteiger partial charge in [0.05, 0.1) is 0 Å². The van der Waals surface area contributed by atoms with E-state index in [4.69, 9.17) is 5.73 Å². The van der Waals surface area contributed by atoms with Crippen LogP contribution >= 0.6 is 0 Å². The number of nitrogens with two attached hydrogens (primary N) is 1. The number of anilines is 1. The maximum absolute atomic E-state index is 10.5. The summed E-state index contributed by atoms with van der Waals surface area (Å²) in [5.74, 6) is 0. The monoisotopic (exact) mass is 250 g/mol. The molecule has 3 heteroatoms. The van der Waals surface area contributed by atoms with Crippen molar-refractivity contribution >= 4 is 16.5 Å². The average Bonchev–Trinajstić information content (AvgIpc) is 2.46. The number of benzene rings is 2. The van der Waals surface area contributed by atoms with Crippen LogP contribution in [0.2, 0.25) is 0 Å². The molecule has 0 aliphatic heterocycles. The highest BCUT2D eigenvalue weighted by atomic mass is 16.3. The van der Waals surface area contributed by atoms with Gasteiger partial charge >= 0.3 is 0 Å². The van der Waals surface area contributed by atoms with Crippen molar-refractivity contribution in [2.24, 2.45) is 0 Å². The number of aliphatic hydroxyl groups is 1. The van der Waals surface area contributed by atoms with Gasteiger partial charge in [0.15, 0.2) is 0 Å². The lowest BCUT2D eigenvalue weighted by Gasteiger charge is -2.14. The number of nitrogen functional groups attached to an aromatic ring is 1. The summed E-state index contributed by atoms with van der Waals surface area (Å²) in [6.45, 7) is 0. The summed E-state index contributed by atoms with van der Waals surface area (Å²) in [6, 6.07) is 15.1. The van der Waals surface area contributed by atoms with Gasteiger partial charge in [0, 0.05) is 23.5 Å². The third-order valence-corrected chi connectivity index (χ3v) is 3.24. The molecule has 0 aliphatic carbocycles. The fourth-order valence-electron chi connectivity index (χ4n) is 2.28. The van der Waals surface area contributed by atoms with E-state index in [0.29, 0.717) is 5.69 Å². The summed E-state index contributed by atoms with van der Waals surface area (Å²) in [4.78, 5) is 4.13. The molecule has 0 fully saturated rings. The minimum absolute atomic E-state index is 0.648. The number of aliphatic hydroxyl groups excluding tert-OH is 1. The molecule has 0 aliphatic rings. The molecule has 3 nitrogen and oxygen atoms in total. The van der Waals surface area contributed by atoms with Crippen LogP contribution in [0.1, 0.15) is 17.2 Å². The fourth-order valence-corrected chi connectivity index (χ4v) is 2.28.